The van der Waals surface area contributed by atoms with Crippen LogP contribution < -0.4 is 11.5 Å². The van der Waals surface area contributed by atoms with Crippen molar-refractivity contribution in [1.29, 1.82) is 0 Å². The standard InChI is InChI=1S/C8H17N5/c1-5(2)4-6(9)7-11-8(10)12-13(7)3/h5-6H,4,9H2,1-3H3,(H2,10,12)/t6-/m1/s1. The predicted molar refractivity (Wildman–Crippen MR) is 51.8 cm³/mol. The zero-order valence-corrected chi connectivity index (χ0v) is 8.36. The first-order chi connectivity index (χ1) is 6.00. The first-order valence-corrected chi connectivity index (χ1v) is 4.42. The van der Waals surface area contributed by atoms with Crippen LogP contribution in [0.4, 0.5) is 5.95 Å². The van der Waals surface area contributed by atoms with Crippen molar-refractivity contribution in [3.8, 4) is 0 Å². The van der Waals surface area contributed by atoms with E-state index in [4.69, 9.17) is 11.5 Å². The van der Waals surface area contributed by atoms with E-state index in [1.165, 1.54) is 0 Å². The van der Waals surface area contributed by atoms with Crippen molar-refractivity contribution in [2.24, 2.45) is 18.7 Å². The number of hydrogen-bond acceptors (Lipinski definition) is 4. The van der Waals surface area contributed by atoms with Gasteiger partial charge in [-0.15, -0.1) is 5.10 Å². The van der Waals surface area contributed by atoms with E-state index in [1.54, 1.807) is 11.7 Å². The molecule has 13 heavy (non-hydrogen) atoms. The third-order valence-electron chi connectivity index (χ3n) is 1.87. The molecule has 5 heteroatoms. The van der Waals surface area contributed by atoms with E-state index in [9.17, 15) is 0 Å². The number of nitrogens with two attached hydrogens (primary N) is 2. The van der Waals surface area contributed by atoms with Crippen molar-refractivity contribution in [2.75, 3.05) is 5.73 Å². The van der Waals surface area contributed by atoms with Gasteiger partial charge in [-0.2, -0.15) is 4.98 Å². The van der Waals surface area contributed by atoms with E-state index in [2.05, 4.69) is 23.9 Å². The number of aryl methyl sites for hydroxylation is 1. The Labute approximate surface area is 78.1 Å². The molecule has 0 saturated heterocycles. The summed E-state index contributed by atoms with van der Waals surface area (Å²) in [5, 5.41) is 3.94. The zero-order chi connectivity index (χ0) is 10.0. The lowest BCUT2D eigenvalue weighted by molar-refractivity contribution is 0.477. The maximum atomic E-state index is 5.93. The van der Waals surface area contributed by atoms with Crippen LogP contribution in [0.1, 0.15) is 32.1 Å². The Kier molecular flexibility index (Phi) is 2.87. The quantitative estimate of drug-likeness (QED) is 0.712. The van der Waals surface area contributed by atoms with Gasteiger partial charge in [-0.25, -0.2) is 4.68 Å². The number of rotatable bonds is 3. The molecule has 0 saturated carbocycles. The molecule has 1 aromatic rings. The van der Waals surface area contributed by atoms with Gasteiger partial charge in [0, 0.05) is 7.05 Å². The average Bonchev–Trinajstić information content (AvgIpc) is 2.28. The van der Waals surface area contributed by atoms with Crippen LogP contribution in [0.3, 0.4) is 0 Å². The highest BCUT2D eigenvalue weighted by atomic mass is 15.4. The van der Waals surface area contributed by atoms with Gasteiger partial charge in [0.1, 0.15) is 5.82 Å². The molecule has 1 atom stereocenters. The van der Waals surface area contributed by atoms with Crippen LogP contribution in [0.5, 0.6) is 0 Å². The van der Waals surface area contributed by atoms with Gasteiger partial charge in [-0.1, -0.05) is 13.8 Å². The van der Waals surface area contributed by atoms with Gasteiger partial charge in [0.2, 0.25) is 5.95 Å². The van der Waals surface area contributed by atoms with Gasteiger partial charge in [0.15, 0.2) is 0 Å². The molecule has 0 aromatic carbocycles. The van der Waals surface area contributed by atoms with Crippen LogP contribution in [-0.2, 0) is 7.05 Å². The van der Waals surface area contributed by atoms with Crippen molar-refractivity contribution < 1.29 is 0 Å². The smallest absolute Gasteiger partial charge is 0.239 e. The minimum atomic E-state index is -0.0743. The molecule has 4 N–H and O–H groups in total. The third kappa shape index (κ3) is 2.42. The van der Waals surface area contributed by atoms with E-state index in [1.807, 2.05) is 0 Å². The Balaban J connectivity index is 2.76. The predicted octanol–water partition coefficient (Wildman–Crippen LogP) is 0.443. The SMILES string of the molecule is CC(C)C[C@@H](N)c1nc(N)nn1C. The minimum absolute atomic E-state index is 0.0743. The number of nitrogens with zero attached hydrogens (tertiary/aromatic N) is 3. The molecule has 1 rings (SSSR count). The summed E-state index contributed by atoms with van der Waals surface area (Å²) >= 11 is 0. The van der Waals surface area contributed by atoms with Gasteiger partial charge in [-0.3, -0.25) is 0 Å². The molecule has 1 heterocycles. The second-order valence-corrected chi connectivity index (χ2v) is 3.69. The van der Waals surface area contributed by atoms with Crippen molar-refractivity contribution in [2.45, 2.75) is 26.3 Å². The van der Waals surface area contributed by atoms with Crippen molar-refractivity contribution in [3.63, 3.8) is 0 Å². The number of anilines is 1. The number of nitrogen functional groups attached to an aromatic ring is 1. The fraction of sp³-hybridized carbons (Fsp3) is 0.750. The van der Waals surface area contributed by atoms with Crippen LogP contribution in [0.15, 0.2) is 0 Å². The summed E-state index contributed by atoms with van der Waals surface area (Å²) in [6.45, 7) is 4.25. The summed E-state index contributed by atoms with van der Waals surface area (Å²) in [4.78, 5) is 4.07. The van der Waals surface area contributed by atoms with E-state index in [-0.39, 0.29) is 12.0 Å². The molecule has 0 unspecified atom stereocenters. The van der Waals surface area contributed by atoms with Gasteiger partial charge < -0.3 is 11.5 Å². The normalized spacial score (nSPS) is 13.6. The van der Waals surface area contributed by atoms with Gasteiger partial charge in [-0.05, 0) is 12.3 Å². The number of hydrogen-bond donors (Lipinski definition) is 2. The second-order valence-electron chi connectivity index (χ2n) is 3.69. The monoisotopic (exact) mass is 183 g/mol. The highest BCUT2D eigenvalue weighted by molar-refractivity contribution is 5.15. The Hall–Kier alpha value is -1.10. The molecule has 1 aromatic heterocycles. The summed E-state index contributed by atoms with van der Waals surface area (Å²) in [6.07, 6.45) is 0.895. The van der Waals surface area contributed by atoms with E-state index < -0.39 is 0 Å². The summed E-state index contributed by atoms with van der Waals surface area (Å²) in [5.74, 6) is 1.59. The Bertz CT molecular complexity index is 278. The molecule has 0 radical (unpaired) electrons. The fourth-order valence-corrected chi connectivity index (χ4v) is 1.35. The van der Waals surface area contributed by atoms with Crippen molar-refractivity contribution in [3.05, 3.63) is 5.82 Å². The fourth-order valence-electron chi connectivity index (χ4n) is 1.35. The second kappa shape index (κ2) is 3.74. The topological polar surface area (TPSA) is 82.8 Å². The Morgan fingerprint density at radius 3 is 2.46 bits per heavy atom. The van der Waals surface area contributed by atoms with E-state index in [0.29, 0.717) is 5.92 Å². The summed E-state index contributed by atoms with van der Waals surface area (Å²) in [7, 11) is 1.80. The summed E-state index contributed by atoms with van der Waals surface area (Å²) in [5.41, 5.74) is 11.4. The Morgan fingerprint density at radius 1 is 1.46 bits per heavy atom. The molecule has 5 nitrogen and oxygen atoms in total. The Morgan fingerprint density at radius 2 is 2.08 bits per heavy atom. The molecule has 0 aliphatic rings. The van der Waals surface area contributed by atoms with Crippen molar-refractivity contribution in [1.82, 2.24) is 14.8 Å². The molecular formula is C8H17N5. The van der Waals surface area contributed by atoms with E-state index >= 15 is 0 Å². The lowest BCUT2D eigenvalue weighted by Gasteiger charge is -2.12. The first-order valence-electron chi connectivity index (χ1n) is 4.42. The lowest BCUT2D eigenvalue weighted by atomic mass is 10.0. The third-order valence-corrected chi connectivity index (χ3v) is 1.87. The molecule has 0 aliphatic heterocycles. The van der Waals surface area contributed by atoms with Crippen molar-refractivity contribution >= 4 is 5.95 Å². The highest BCUT2D eigenvalue weighted by Crippen LogP contribution is 2.16. The largest absolute Gasteiger partial charge is 0.366 e. The summed E-state index contributed by atoms with van der Waals surface area (Å²) in [6, 6.07) is -0.0743. The molecule has 0 fully saturated rings. The van der Waals surface area contributed by atoms with Crippen LogP contribution in [-0.4, -0.2) is 14.8 Å². The maximum Gasteiger partial charge on any atom is 0.239 e. The molecule has 0 bridgehead atoms. The molecule has 0 amide bonds. The van der Waals surface area contributed by atoms with Crippen LogP contribution in [0.2, 0.25) is 0 Å². The number of aromatic nitrogens is 3. The average molecular weight is 183 g/mol. The zero-order valence-electron chi connectivity index (χ0n) is 8.36. The van der Waals surface area contributed by atoms with Gasteiger partial charge in [0.05, 0.1) is 6.04 Å². The highest BCUT2D eigenvalue weighted by Gasteiger charge is 2.14. The van der Waals surface area contributed by atoms with Crippen LogP contribution in [0.25, 0.3) is 0 Å². The van der Waals surface area contributed by atoms with E-state index in [0.717, 1.165) is 12.2 Å². The van der Waals surface area contributed by atoms with Gasteiger partial charge >= 0.3 is 0 Å². The van der Waals surface area contributed by atoms with Crippen LogP contribution >= 0.6 is 0 Å². The summed E-state index contributed by atoms with van der Waals surface area (Å²) < 4.78 is 1.64. The molecular weight excluding hydrogens is 166 g/mol. The van der Waals surface area contributed by atoms with Crippen LogP contribution in [0, 0.1) is 5.92 Å². The maximum absolute atomic E-state index is 5.93. The van der Waals surface area contributed by atoms with Gasteiger partial charge in [0.25, 0.3) is 0 Å². The first kappa shape index (κ1) is 9.98. The molecule has 74 valence electrons. The molecule has 0 spiro atoms. The minimum Gasteiger partial charge on any atom is -0.366 e. The molecule has 0 aliphatic carbocycles. The lowest BCUT2D eigenvalue weighted by Crippen LogP contribution is -2.17.